The zero-order chi connectivity index (χ0) is 36.3. The van der Waals surface area contributed by atoms with Gasteiger partial charge in [-0.05, 0) is 117 Å². The average Bonchev–Trinajstić information content (AvgIpc) is 3.72. The lowest BCUT2D eigenvalue weighted by molar-refractivity contribution is 0.793. The first-order valence-corrected chi connectivity index (χ1v) is 19.0. The summed E-state index contributed by atoms with van der Waals surface area (Å²) in [6.07, 6.45) is 0. The third-order valence-electron chi connectivity index (χ3n) is 11.6. The van der Waals surface area contributed by atoms with Crippen LogP contribution in [-0.2, 0) is 5.41 Å². The molecular weight excluding hydrogens is 665 g/mol. The first-order valence-electron chi connectivity index (χ1n) is 19.0. The van der Waals surface area contributed by atoms with E-state index in [2.05, 4.69) is 228 Å². The smallest absolute Gasteiger partial charge is 0.0726 e. The molecule has 0 N–H and O–H groups in total. The van der Waals surface area contributed by atoms with Crippen molar-refractivity contribution in [3.8, 4) is 22.3 Å². The van der Waals surface area contributed by atoms with Gasteiger partial charge in [0.15, 0.2) is 0 Å². The summed E-state index contributed by atoms with van der Waals surface area (Å²) in [6, 6.07) is 79.9. The summed E-state index contributed by atoms with van der Waals surface area (Å²) >= 11 is 0. The number of fused-ring (bicyclic) bond motifs is 11. The number of para-hydroxylation sites is 3. The maximum Gasteiger partial charge on any atom is 0.0726 e. The molecule has 0 fully saturated rings. The number of benzene rings is 9. The van der Waals surface area contributed by atoms with Crippen molar-refractivity contribution in [1.82, 2.24) is 0 Å². The predicted octanol–water partition coefficient (Wildman–Crippen LogP) is 14.1. The molecule has 0 saturated carbocycles. The molecule has 0 amide bonds. The second-order valence-electron chi connectivity index (χ2n) is 14.5. The average molecular weight is 701 g/mol. The minimum Gasteiger partial charge on any atom is -0.310 e. The molecule has 0 radical (unpaired) electrons. The van der Waals surface area contributed by atoms with Crippen LogP contribution in [0.1, 0.15) is 22.3 Å². The monoisotopic (exact) mass is 700 g/mol. The molecule has 11 rings (SSSR count). The summed E-state index contributed by atoms with van der Waals surface area (Å²) in [4.78, 5) is 4.80. The Hall–Kier alpha value is -7.16. The van der Waals surface area contributed by atoms with Crippen LogP contribution < -0.4 is 9.80 Å². The van der Waals surface area contributed by atoms with Crippen LogP contribution in [-0.4, -0.2) is 0 Å². The second kappa shape index (κ2) is 12.5. The molecule has 9 aromatic carbocycles. The molecule has 0 bridgehead atoms. The summed E-state index contributed by atoms with van der Waals surface area (Å²) in [6.45, 7) is 0. The molecule has 2 nitrogen and oxygen atoms in total. The number of hydrogen-bond acceptors (Lipinski definition) is 2. The Labute approximate surface area is 321 Å². The highest BCUT2D eigenvalue weighted by molar-refractivity contribution is 6.01. The molecule has 2 heteroatoms. The summed E-state index contributed by atoms with van der Waals surface area (Å²) < 4.78 is 0. The molecule has 2 aliphatic carbocycles. The highest BCUT2D eigenvalue weighted by Crippen LogP contribution is 2.64. The third-order valence-corrected chi connectivity index (χ3v) is 11.6. The fraction of sp³-hybridized carbons (Fsp3) is 0.0189. The van der Waals surface area contributed by atoms with Gasteiger partial charge in [-0.3, -0.25) is 0 Å². The minimum absolute atomic E-state index is 0.484. The van der Waals surface area contributed by atoms with Crippen molar-refractivity contribution in [2.45, 2.75) is 5.41 Å². The van der Waals surface area contributed by atoms with Crippen LogP contribution in [0.3, 0.4) is 0 Å². The van der Waals surface area contributed by atoms with Gasteiger partial charge in [-0.1, -0.05) is 152 Å². The first-order chi connectivity index (χ1) is 27.3. The van der Waals surface area contributed by atoms with E-state index < -0.39 is 5.41 Å². The van der Waals surface area contributed by atoms with E-state index in [1.54, 1.807) is 0 Å². The van der Waals surface area contributed by atoms with E-state index in [0.717, 1.165) is 34.1 Å². The molecule has 1 spiro atoms. The zero-order valence-electron chi connectivity index (χ0n) is 30.2. The lowest BCUT2D eigenvalue weighted by Crippen LogP contribution is -2.26. The molecule has 0 heterocycles. The number of anilines is 6. The molecule has 0 saturated heterocycles. The van der Waals surface area contributed by atoms with Crippen molar-refractivity contribution in [2.75, 3.05) is 9.80 Å². The first kappa shape index (κ1) is 31.4. The van der Waals surface area contributed by atoms with Crippen LogP contribution in [0.5, 0.6) is 0 Å². The van der Waals surface area contributed by atoms with E-state index >= 15 is 0 Å². The summed E-state index contributed by atoms with van der Waals surface area (Å²) in [5.74, 6) is 0. The maximum atomic E-state index is 2.46. The van der Waals surface area contributed by atoms with Gasteiger partial charge in [0.05, 0.1) is 11.1 Å². The Balaban J connectivity index is 1.17. The van der Waals surface area contributed by atoms with Crippen molar-refractivity contribution in [1.29, 1.82) is 0 Å². The standard InChI is InChI=1S/C53H36N2/c1-4-19-38(20-5-1)54(39-21-6-2-7-22-39)42-31-33-46-44-26-12-14-28-48(44)53(51(46)36-42)49-29-15-13-27-45(49)47-35-41(32-34-50(47)53)55(40-23-8-3-9-24-40)52-30-16-18-37-17-10-11-25-43(37)52/h1-36H. The van der Waals surface area contributed by atoms with Gasteiger partial charge in [0.25, 0.3) is 0 Å². The van der Waals surface area contributed by atoms with Crippen LogP contribution in [0.25, 0.3) is 33.0 Å². The normalized spacial score (nSPS) is 14.6. The van der Waals surface area contributed by atoms with Crippen LogP contribution in [0.15, 0.2) is 218 Å². The molecule has 1 unspecified atom stereocenters. The molecule has 258 valence electrons. The molecule has 55 heavy (non-hydrogen) atoms. The van der Waals surface area contributed by atoms with Gasteiger partial charge in [0, 0.05) is 33.8 Å². The Kier molecular flexibility index (Phi) is 7.11. The second-order valence-corrected chi connectivity index (χ2v) is 14.5. The highest BCUT2D eigenvalue weighted by atomic mass is 15.1. The van der Waals surface area contributed by atoms with Gasteiger partial charge < -0.3 is 9.80 Å². The van der Waals surface area contributed by atoms with Crippen molar-refractivity contribution in [3.63, 3.8) is 0 Å². The van der Waals surface area contributed by atoms with Crippen molar-refractivity contribution >= 4 is 44.9 Å². The fourth-order valence-electron chi connectivity index (χ4n) is 9.41. The molecule has 9 aromatic rings. The van der Waals surface area contributed by atoms with Crippen molar-refractivity contribution < 1.29 is 0 Å². The van der Waals surface area contributed by atoms with Crippen LogP contribution >= 0.6 is 0 Å². The van der Waals surface area contributed by atoms with Crippen LogP contribution in [0, 0.1) is 0 Å². The maximum absolute atomic E-state index is 2.46. The van der Waals surface area contributed by atoms with Crippen LogP contribution in [0.2, 0.25) is 0 Å². The minimum atomic E-state index is -0.484. The Morgan fingerprint density at radius 3 is 1.42 bits per heavy atom. The van der Waals surface area contributed by atoms with E-state index in [1.165, 1.54) is 55.3 Å². The summed E-state index contributed by atoms with van der Waals surface area (Å²) in [7, 11) is 0. The van der Waals surface area contributed by atoms with Gasteiger partial charge in [0.2, 0.25) is 0 Å². The SMILES string of the molecule is c1ccc(N(c2ccccc2)c2ccc3c(c2)C2(c4ccccc4-c4cc(N(c5ccccc5)c5cccc6ccccc56)ccc42)c2ccccc2-3)cc1. The molecule has 0 aliphatic heterocycles. The lowest BCUT2D eigenvalue weighted by Gasteiger charge is -2.32. The van der Waals surface area contributed by atoms with E-state index in [1.807, 2.05) is 0 Å². The van der Waals surface area contributed by atoms with Gasteiger partial charge in [-0.2, -0.15) is 0 Å². The molecule has 1 atom stereocenters. The third kappa shape index (κ3) is 4.68. The van der Waals surface area contributed by atoms with Gasteiger partial charge in [-0.15, -0.1) is 0 Å². The fourth-order valence-corrected chi connectivity index (χ4v) is 9.41. The van der Waals surface area contributed by atoms with Crippen molar-refractivity contribution in [2.24, 2.45) is 0 Å². The van der Waals surface area contributed by atoms with Gasteiger partial charge in [0.1, 0.15) is 0 Å². The number of nitrogens with zero attached hydrogens (tertiary/aromatic N) is 2. The van der Waals surface area contributed by atoms with E-state index in [4.69, 9.17) is 0 Å². The van der Waals surface area contributed by atoms with Crippen LogP contribution in [0.4, 0.5) is 34.1 Å². The number of hydrogen-bond donors (Lipinski definition) is 0. The van der Waals surface area contributed by atoms with Gasteiger partial charge in [-0.25, -0.2) is 0 Å². The van der Waals surface area contributed by atoms with E-state index in [9.17, 15) is 0 Å². The zero-order valence-corrected chi connectivity index (χ0v) is 30.2. The van der Waals surface area contributed by atoms with Crippen molar-refractivity contribution in [3.05, 3.63) is 241 Å². The topological polar surface area (TPSA) is 6.48 Å². The predicted molar refractivity (Wildman–Crippen MR) is 230 cm³/mol. The summed E-state index contributed by atoms with van der Waals surface area (Å²) in [5.41, 5.74) is 16.8. The van der Waals surface area contributed by atoms with E-state index in [0.29, 0.717) is 0 Å². The Morgan fingerprint density at radius 2 is 0.745 bits per heavy atom. The molecular formula is C53H36N2. The Bertz CT molecular complexity index is 2840. The largest absolute Gasteiger partial charge is 0.310 e. The van der Waals surface area contributed by atoms with E-state index in [-0.39, 0.29) is 0 Å². The highest BCUT2D eigenvalue weighted by Gasteiger charge is 2.52. The molecule has 2 aliphatic rings. The molecule has 0 aromatic heterocycles. The number of rotatable bonds is 6. The lowest BCUT2D eigenvalue weighted by atomic mass is 9.70. The van der Waals surface area contributed by atoms with Gasteiger partial charge >= 0.3 is 0 Å². The quantitative estimate of drug-likeness (QED) is 0.170. The Morgan fingerprint density at radius 1 is 0.273 bits per heavy atom. The summed E-state index contributed by atoms with van der Waals surface area (Å²) in [5, 5.41) is 2.44.